The van der Waals surface area contributed by atoms with E-state index in [2.05, 4.69) is 15.8 Å². The van der Waals surface area contributed by atoms with E-state index in [0.717, 1.165) is 15.6 Å². The van der Waals surface area contributed by atoms with E-state index in [1.54, 1.807) is 24.3 Å². The van der Waals surface area contributed by atoms with Crippen LogP contribution < -0.4 is 15.5 Å². The summed E-state index contributed by atoms with van der Waals surface area (Å²) < 4.78 is 31.4. The number of amides is 2. The number of hydrogen-bond acceptors (Lipinski definition) is 6. The first-order chi connectivity index (χ1) is 14.2. The van der Waals surface area contributed by atoms with Gasteiger partial charge in [0.15, 0.2) is 0 Å². The molecule has 30 heavy (non-hydrogen) atoms. The fraction of sp³-hybridized carbons (Fsp3) is 0.250. The number of carbonyl (C=O) groups is 2. The Labute approximate surface area is 175 Å². The average molecular weight is 433 g/mol. The number of hydrazone groups is 1. The Kier molecular flexibility index (Phi) is 8.07. The second-order valence-electron chi connectivity index (χ2n) is 6.26. The number of likely N-dealkylation sites (N-methyl/N-ethyl adjacent to an activating group) is 1. The summed E-state index contributed by atoms with van der Waals surface area (Å²) in [5.74, 6) is -0.112. The van der Waals surface area contributed by atoms with Gasteiger partial charge in [0.25, 0.3) is 5.91 Å². The molecule has 10 heteroatoms. The number of nitrogens with one attached hydrogen (secondary N) is 2. The first-order valence-electron chi connectivity index (χ1n) is 9.11. The van der Waals surface area contributed by atoms with Crippen LogP contribution in [-0.2, 0) is 19.6 Å². The Morgan fingerprint density at radius 1 is 1.10 bits per heavy atom. The monoisotopic (exact) mass is 432 g/mol. The zero-order valence-corrected chi connectivity index (χ0v) is 17.8. The molecule has 0 radical (unpaired) electrons. The van der Waals surface area contributed by atoms with E-state index in [0.29, 0.717) is 12.3 Å². The van der Waals surface area contributed by atoms with E-state index in [1.165, 1.54) is 44.5 Å². The van der Waals surface area contributed by atoms with Crippen LogP contribution in [0.2, 0.25) is 0 Å². The van der Waals surface area contributed by atoms with Crippen LogP contribution >= 0.6 is 0 Å². The van der Waals surface area contributed by atoms with Crippen molar-refractivity contribution in [1.82, 2.24) is 9.73 Å². The first kappa shape index (κ1) is 23.0. The van der Waals surface area contributed by atoms with Gasteiger partial charge in [-0.25, -0.2) is 13.8 Å². The molecule has 0 aliphatic carbocycles. The molecular formula is C20H24N4O5S. The molecule has 0 heterocycles. The van der Waals surface area contributed by atoms with Crippen molar-refractivity contribution in [3.8, 4) is 5.75 Å². The predicted molar refractivity (Wildman–Crippen MR) is 114 cm³/mol. The Balaban J connectivity index is 1.92. The minimum absolute atomic E-state index is 0.00444. The molecule has 0 unspecified atom stereocenters. The maximum atomic E-state index is 12.6. The molecule has 0 aromatic heterocycles. The lowest BCUT2D eigenvalue weighted by Crippen LogP contribution is -2.36. The molecule has 0 aliphatic heterocycles. The highest BCUT2D eigenvalue weighted by Gasteiger charge is 2.22. The van der Waals surface area contributed by atoms with Crippen molar-refractivity contribution in [3.05, 3.63) is 54.1 Å². The summed E-state index contributed by atoms with van der Waals surface area (Å²) in [7, 11) is -2.57. The number of sulfonamides is 1. The van der Waals surface area contributed by atoms with Crippen molar-refractivity contribution in [2.45, 2.75) is 18.7 Å². The van der Waals surface area contributed by atoms with Gasteiger partial charge in [0.2, 0.25) is 15.9 Å². The Bertz CT molecular complexity index is 1000. The molecule has 2 aromatic rings. The van der Waals surface area contributed by atoms with E-state index in [-0.39, 0.29) is 10.8 Å². The van der Waals surface area contributed by atoms with Gasteiger partial charge in [-0.1, -0.05) is 0 Å². The average Bonchev–Trinajstić information content (AvgIpc) is 2.69. The molecular weight excluding hydrogens is 408 g/mol. The molecule has 2 amide bonds. The van der Waals surface area contributed by atoms with Crippen molar-refractivity contribution in [3.63, 3.8) is 0 Å². The van der Waals surface area contributed by atoms with E-state index >= 15 is 0 Å². The van der Waals surface area contributed by atoms with Crippen molar-refractivity contribution >= 4 is 33.7 Å². The van der Waals surface area contributed by atoms with Gasteiger partial charge in [-0.15, -0.1) is 0 Å². The van der Waals surface area contributed by atoms with E-state index < -0.39 is 22.5 Å². The van der Waals surface area contributed by atoms with Crippen molar-refractivity contribution in [1.29, 1.82) is 0 Å². The summed E-state index contributed by atoms with van der Waals surface area (Å²) in [6.07, 6.45) is 1.45. The third kappa shape index (κ3) is 6.68. The van der Waals surface area contributed by atoms with Crippen LogP contribution in [0.1, 0.15) is 19.4 Å². The number of rotatable bonds is 9. The lowest BCUT2D eigenvalue weighted by Gasteiger charge is -2.16. The molecule has 0 saturated heterocycles. The van der Waals surface area contributed by atoms with Gasteiger partial charge in [-0.2, -0.15) is 9.41 Å². The largest absolute Gasteiger partial charge is 0.494 e. The number of nitrogens with zero attached hydrogens (tertiary/aromatic N) is 2. The molecule has 0 atom stereocenters. The highest BCUT2D eigenvalue weighted by molar-refractivity contribution is 7.89. The van der Waals surface area contributed by atoms with Crippen LogP contribution in [0.4, 0.5) is 5.69 Å². The summed E-state index contributed by atoms with van der Waals surface area (Å²) in [6.45, 7) is 3.41. The fourth-order valence-electron chi connectivity index (χ4n) is 2.41. The maximum Gasteiger partial charge on any atom is 0.255 e. The smallest absolute Gasteiger partial charge is 0.255 e. The summed E-state index contributed by atoms with van der Waals surface area (Å²) in [5, 5.41) is 6.39. The third-order valence-corrected chi connectivity index (χ3v) is 5.66. The Morgan fingerprint density at radius 3 is 2.30 bits per heavy atom. The second kappa shape index (κ2) is 10.5. The number of anilines is 1. The van der Waals surface area contributed by atoms with E-state index in [1.807, 2.05) is 6.92 Å². The molecule has 9 nitrogen and oxygen atoms in total. The van der Waals surface area contributed by atoms with Gasteiger partial charge >= 0.3 is 0 Å². The lowest BCUT2D eigenvalue weighted by molar-refractivity contribution is -0.121. The summed E-state index contributed by atoms with van der Waals surface area (Å²) in [6, 6.07) is 12.8. The van der Waals surface area contributed by atoms with Crippen LogP contribution in [0.25, 0.3) is 0 Å². The Morgan fingerprint density at radius 2 is 1.73 bits per heavy atom. The zero-order chi connectivity index (χ0) is 22.1. The van der Waals surface area contributed by atoms with Crippen LogP contribution in [0.15, 0.2) is 58.5 Å². The molecule has 2 aromatic carbocycles. The maximum absolute atomic E-state index is 12.6. The highest BCUT2D eigenvalue weighted by atomic mass is 32.2. The molecule has 160 valence electrons. The van der Waals surface area contributed by atoms with Gasteiger partial charge < -0.3 is 10.1 Å². The standard InChI is InChI=1S/C20H24N4O5S/c1-4-29-18-9-5-16(6-10-18)13-21-23-20(26)14-24(3)30(27,28)19-11-7-17(8-12-19)22-15(2)25/h5-13H,4,14H2,1-3H3,(H,22,25)(H,23,26)/b21-13-. The van der Waals surface area contributed by atoms with Gasteiger partial charge in [0.05, 0.1) is 24.3 Å². The highest BCUT2D eigenvalue weighted by Crippen LogP contribution is 2.17. The van der Waals surface area contributed by atoms with E-state index in [9.17, 15) is 18.0 Å². The SMILES string of the molecule is CCOc1ccc(/C=N\NC(=O)CN(C)S(=O)(=O)c2ccc(NC(C)=O)cc2)cc1. The first-order valence-corrected chi connectivity index (χ1v) is 10.5. The summed E-state index contributed by atoms with van der Waals surface area (Å²) in [5.41, 5.74) is 3.53. The van der Waals surface area contributed by atoms with Crippen molar-refractivity contribution < 1.29 is 22.7 Å². The fourth-order valence-corrected chi connectivity index (χ4v) is 3.54. The van der Waals surface area contributed by atoms with Crippen LogP contribution in [0, 0.1) is 0 Å². The minimum atomic E-state index is -3.87. The van der Waals surface area contributed by atoms with Crippen molar-refractivity contribution in [2.75, 3.05) is 25.5 Å². The molecule has 0 spiro atoms. The molecule has 0 aliphatic rings. The molecule has 2 rings (SSSR count). The topological polar surface area (TPSA) is 117 Å². The quantitative estimate of drug-likeness (QED) is 0.463. The minimum Gasteiger partial charge on any atom is -0.494 e. The molecule has 0 fully saturated rings. The summed E-state index contributed by atoms with van der Waals surface area (Å²) in [4.78, 5) is 23.1. The summed E-state index contributed by atoms with van der Waals surface area (Å²) >= 11 is 0. The third-order valence-electron chi connectivity index (χ3n) is 3.84. The van der Waals surface area contributed by atoms with Gasteiger partial charge in [-0.3, -0.25) is 9.59 Å². The number of ether oxygens (including phenoxy) is 1. The van der Waals surface area contributed by atoms with Crippen molar-refractivity contribution in [2.24, 2.45) is 5.10 Å². The van der Waals surface area contributed by atoms with Crippen LogP contribution in [0.5, 0.6) is 5.75 Å². The molecule has 0 saturated carbocycles. The van der Waals surface area contributed by atoms with Crippen LogP contribution in [0.3, 0.4) is 0 Å². The predicted octanol–water partition coefficient (Wildman–Crippen LogP) is 1.81. The van der Waals surface area contributed by atoms with E-state index in [4.69, 9.17) is 4.74 Å². The lowest BCUT2D eigenvalue weighted by atomic mass is 10.2. The van der Waals surface area contributed by atoms with Gasteiger partial charge in [-0.05, 0) is 61.0 Å². The van der Waals surface area contributed by atoms with Crippen LogP contribution in [-0.4, -0.2) is 51.0 Å². The number of hydrogen-bond donors (Lipinski definition) is 2. The zero-order valence-electron chi connectivity index (χ0n) is 17.0. The number of carbonyl (C=O) groups excluding carboxylic acids is 2. The van der Waals surface area contributed by atoms with Gasteiger partial charge in [0, 0.05) is 19.7 Å². The second-order valence-corrected chi connectivity index (χ2v) is 8.31. The molecule has 2 N–H and O–H groups in total. The normalized spacial score (nSPS) is 11.5. The van der Waals surface area contributed by atoms with Gasteiger partial charge in [0.1, 0.15) is 5.75 Å². The number of benzene rings is 2. The Hall–Kier alpha value is -3.24. The molecule has 0 bridgehead atoms.